The Morgan fingerprint density at radius 2 is 1.94 bits per heavy atom. The first-order valence-electron chi connectivity index (χ1n) is 6.64. The molecule has 0 spiro atoms. The quantitative estimate of drug-likeness (QED) is 0.780. The summed E-state index contributed by atoms with van der Waals surface area (Å²) < 4.78 is 1.84. The molecule has 3 nitrogen and oxygen atoms in total. The van der Waals surface area contributed by atoms with Crippen molar-refractivity contribution in [3.63, 3.8) is 0 Å². The highest BCUT2D eigenvalue weighted by Gasteiger charge is 2.18. The molecule has 0 aromatic carbocycles. The Morgan fingerprint density at radius 3 is 2.50 bits per heavy atom. The van der Waals surface area contributed by atoms with Crippen molar-refractivity contribution in [2.24, 2.45) is 7.05 Å². The third kappa shape index (κ3) is 2.12. The molecule has 2 aromatic rings. The Kier molecular flexibility index (Phi) is 3.91. The fourth-order valence-corrected chi connectivity index (χ4v) is 2.71. The number of halogens is 1. The van der Waals surface area contributed by atoms with Crippen LogP contribution in [0.4, 0.5) is 0 Å². The molecule has 2 aromatic heterocycles. The van der Waals surface area contributed by atoms with E-state index in [4.69, 9.17) is 11.6 Å². The molecule has 98 valence electrons. The van der Waals surface area contributed by atoms with Gasteiger partial charge in [0.15, 0.2) is 5.65 Å². The Labute approximate surface area is 113 Å². The molecule has 0 aliphatic heterocycles. The fourth-order valence-electron chi connectivity index (χ4n) is 2.45. The zero-order chi connectivity index (χ0) is 13.3. The van der Waals surface area contributed by atoms with Crippen LogP contribution in [0.1, 0.15) is 50.8 Å². The monoisotopic (exact) mass is 265 g/mol. The summed E-state index contributed by atoms with van der Waals surface area (Å²) in [6, 6.07) is 2.16. The van der Waals surface area contributed by atoms with E-state index in [1.54, 1.807) is 0 Å². The van der Waals surface area contributed by atoms with Crippen LogP contribution >= 0.6 is 11.6 Å². The lowest BCUT2D eigenvalue weighted by atomic mass is 9.97. The van der Waals surface area contributed by atoms with E-state index in [0.717, 1.165) is 41.6 Å². The Balaban J connectivity index is 2.68. The van der Waals surface area contributed by atoms with Crippen LogP contribution in [0.2, 0.25) is 5.15 Å². The van der Waals surface area contributed by atoms with Crippen molar-refractivity contribution in [3.05, 3.63) is 22.5 Å². The summed E-state index contributed by atoms with van der Waals surface area (Å²) >= 11 is 6.18. The van der Waals surface area contributed by atoms with E-state index in [9.17, 15) is 0 Å². The van der Waals surface area contributed by atoms with Crippen LogP contribution in [0, 0.1) is 0 Å². The fraction of sp³-hybridized carbons (Fsp3) is 0.571. The van der Waals surface area contributed by atoms with Crippen LogP contribution in [0.3, 0.4) is 0 Å². The Bertz CT molecular complexity index is 556. The zero-order valence-corrected chi connectivity index (χ0v) is 12.3. The summed E-state index contributed by atoms with van der Waals surface area (Å²) in [5.74, 6) is 0.501. The van der Waals surface area contributed by atoms with E-state index in [1.165, 1.54) is 0 Å². The number of hydrogen-bond donors (Lipinski definition) is 0. The lowest BCUT2D eigenvalue weighted by Crippen LogP contribution is -1.98. The van der Waals surface area contributed by atoms with Gasteiger partial charge in [0.05, 0.1) is 5.69 Å². The van der Waals surface area contributed by atoms with Crippen molar-refractivity contribution < 1.29 is 0 Å². The summed E-state index contributed by atoms with van der Waals surface area (Å²) in [5, 5.41) is 6.40. The third-order valence-electron chi connectivity index (χ3n) is 3.62. The van der Waals surface area contributed by atoms with Gasteiger partial charge in [0, 0.05) is 18.4 Å². The molecule has 0 bridgehead atoms. The molecule has 0 unspecified atom stereocenters. The number of aryl methyl sites for hydroxylation is 2. The lowest BCUT2D eigenvalue weighted by molar-refractivity contribution is 0.608. The van der Waals surface area contributed by atoms with Gasteiger partial charge in [-0.15, -0.1) is 0 Å². The maximum atomic E-state index is 6.18. The first-order chi connectivity index (χ1) is 8.62. The molecule has 0 fully saturated rings. The highest BCUT2D eigenvalue weighted by molar-refractivity contribution is 6.30. The molecule has 0 aliphatic carbocycles. The van der Waals surface area contributed by atoms with Gasteiger partial charge in [0.1, 0.15) is 5.15 Å². The van der Waals surface area contributed by atoms with Crippen LogP contribution in [0.15, 0.2) is 6.07 Å². The van der Waals surface area contributed by atoms with E-state index in [0.29, 0.717) is 11.1 Å². The summed E-state index contributed by atoms with van der Waals surface area (Å²) in [6.45, 7) is 6.51. The number of rotatable bonds is 4. The van der Waals surface area contributed by atoms with Gasteiger partial charge < -0.3 is 0 Å². The van der Waals surface area contributed by atoms with E-state index in [-0.39, 0.29) is 0 Å². The maximum Gasteiger partial charge on any atom is 0.159 e. The van der Waals surface area contributed by atoms with Crippen LogP contribution in [-0.4, -0.2) is 14.8 Å². The second-order valence-electron chi connectivity index (χ2n) is 4.69. The zero-order valence-electron chi connectivity index (χ0n) is 11.5. The molecule has 0 N–H and O–H groups in total. The molecule has 0 saturated heterocycles. The van der Waals surface area contributed by atoms with Crippen LogP contribution in [0.25, 0.3) is 11.0 Å². The molecule has 2 rings (SSSR count). The number of aromatic nitrogens is 3. The largest absolute Gasteiger partial charge is 0.250 e. The third-order valence-corrected chi connectivity index (χ3v) is 3.95. The van der Waals surface area contributed by atoms with E-state index < -0.39 is 0 Å². The first-order valence-corrected chi connectivity index (χ1v) is 7.02. The number of hydrogen-bond acceptors (Lipinski definition) is 2. The van der Waals surface area contributed by atoms with E-state index in [1.807, 2.05) is 11.7 Å². The smallest absolute Gasteiger partial charge is 0.159 e. The van der Waals surface area contributed by atoms with Gasteiger partial charge in [-0.2, -0.15) is 5.10 Å². The van der Waals surface area contributed by atoms with Gasteiger partial charge in [0.2, 0.25) is 0 Å². The van der Waals surface area contributed by atoms with Crippen molar-refractivity contribution in [2.45, 2.75) is 46.0 Å². The van der Waals surface area contributed by atoms with Crippen LogP contribution < -0.4 is 0 Å². The minimum atomic E-state index is 0.501. The lowest BCUT2D eigenvalue weighted by Gasteiger charge is -2.09. The molecule has 0 aliphatic rings. The van der Waals surface area contributed by atoms with Gasteiger partial charge in [-0.3, -0.25) is 4.68 Å². The van der Waals surface area contributed by atoms with Crippen molar-refractivity contribution in [3.8, 4) is 0 Å². The van der Waals surface area contributed by atoms with Crippen molar-refractivity contribution in [1.29, 1.82) is 0 Å². The minimum Gasteiger partial charge on any atom is -0.250 e. The second kappa shape index (κ2) is 5.27. The molecule has 0 radical (unpaired) electrons. The van der Waals surface area contributed by atoms with E-state index in [2.05, 4.69) is 36.9 Å². The van der Waals surface area contributed by atoms with Crippen LogP contribution in [-0.2, 0) is 13.5 Å². The molecular weight excluding hydrogens is 246 g/mol. The average Bonchev–Trinajstić information content (AvgIpc) is 2.67. The molecule has 0 amide bonds. The average molecular weight is 266 g/mol. The number of fused-ring (bicyclic) bond motifs is 1. The topological polar surface area (TPSA) is 30.7 Å². The summed E-state index contributed by atoms with van der Waals surface area (Å²) in [5.41, 5.74) is 3.15. The Morgan fingerprint density at radius 1 is 1.28 bits per heavy atom. The first kappa shape index (κ1) is 13.3. The summed E-state index contributed by atoms with van der Waals surface area (Å²) in [6.07, 6.45) is 3.11. The molecule has 18 heavy (non-hydrogen) atoms. The highest BCUT2D eigenvalue weighted by Crippen LogP contribution is 2.30. The normalized spacial score (nSPS) is 11.7. The Hall–Kier alpha value is -1.09. The van der Waals surface area contributed by atoms with Crippen LogP contribution in [0.5, 0.6) is 0 Å². The van der Waals surface area contributed by atoms with Crippen molar-refractivity contribution >= 4 is 22.6 Å². The van der Waals surface area contributed by atoms with Gasteiger partial charge in [-0.05, 0) is 30.9 Å². The molecule has 4 heteroatoms. The summed E-state index contributed by atoms with van der Waals surface area (Å²) in [7, 11) is 1.93. The number of nitrogens with zero attached hydrogens (tertiary/aromatic N) is 3. The van der Waals surface area contributed by atoms with Crippen molar-refractivity contribution in [2.75, 3.05) is 0 Å². The molecular formula is C14H20ClN3. The molecule has 2 heterocycles. The SMILES string of the molecule is CCc1cc2c(C(CC)CC)nn(C)c2nc1Cl. The second-order valence-corrected chi connectivity index (χ2v) is 5.04. The predicted molar refractivity (Wildman–Crippen MR) is 76.2 cm³/mol. The predicted octanol–water partition coefficient (Wildman–Crippen LogP) is 4.09. The minimum absolute atomic E-state index is 0.501. The van der Waals surface area contributed by atoms with Gasteiger partial charge in [-0.1, -0.05) is 32.4 Å². The molecule has 0 atom stereocenters. The van der Waals surface area contributed by atoms with Crippen molar-refractivity contribution in [1.82, 2.24) is 14.8 Å². The molecule has 0 saturated carbocycles. The van der Waals surface area contributed by atoms with Gasteiger partial charge in [-0.25, -0.2) is 4.98 Å². The van der Waals surface area contributed by atoms with Gasteiger partial charge in [0.25, 0.3) is 0 Å². The summed E-state index contributed by atoms with van der Waals surface area (Å²) in [4.78, 5) is 4.48. The maximum absolute atomic E-state index is 6.18. The van der Waals surface area contributed by atoms with E-state index >= 15 is 0 Å². The highest BCUT2D eigenvalue weighted by atomic mass is 35.5. The number of pyridine rings is 1. The van der Waals surface area contributed by atoms with Gasteiger partial charge >= 0.3 is 0 Å². The standard InChI is InChI=1S/C14H20ClN3/c1-5-9(6-2)12-11-8-10(7-3)13(15)16-14(11)18(4)17-12/h8-9H,5-7H2,1-4H3.